The third-order valence-corrected chi connectivity index (χ3v) is 5.91. The second kappa shape index (κ2) is 12.0. The van der Waals surface area contributed by atoms with E-state index in [0.717, 1.165) is 39.4 Å². The smallest absolute Gasteiger partial charge is 0.162 e. The first-order valence-corrected chi connectivity index (χ1v) is 11.7. The Balaban J connectivity index is 1.72. The molecule has 0 bridgehead atoms. The summed E-state index contributed by atoms with van der Waals surface area (Å²) in [7, 11) is 4.90. The standard InChI is InChI=1S/C30H31NO5/c1-33-25-11-7-10-22(15-25)14-23-17-30(36-20-21-8-5-4-6-9-21)29(35-3)18-28(23)31-27-13-12-26(34-2)16-24(27)19-32/h4-13,15-18,31-32H,14,19-20H2,1-3H3. The van der Waals surface area contributed by atoms with Crippen molar-refractivity contribution in [1.82, 2.24) is 0 Å². The lowest BCUT2D eigenvalue weighted by molar-refractivity contribution is 0.281. The van der Waals surface area contributed by atoms with E-state index in [2.05, 4.69) is 11.4 Å². The molecule has 0 aliphatic heterocycles. The van der Waals surface area contributed by atoms with Crippen LogP contribution in [0.15, 0.2) is 84.9 Å². The highest BCUT2D eigenvalue weighted by molar-refractivity contribution is 5.71. The summed E-state index contributed by atoms with van der Waals surface area (Å²) < 4.78 is 22.6. The molecular formula is C30H31NO5. The van der Waals surface area contributed by atoms with Crippen LogP contribution in [0.4, 0.5) is 11.4 Å². The first kappa shape index (κ1) is 24.9. The summed E-state index contributed by atoms with van der Waals surface area (Å²) >= 11 is 0. The fourth-order valence-corrected chi connectivity index (χ4v) is 3.97. The minimum absolute atomic E-state index is 0.125. The molecule has 0 saturated heterocycles. The van der Waals surface area contributed by atoms with Gasteiger partial charge >= 0.3 is 0 Å². The van der Waals surface area contributed by atoms with Crippen molar-refractivity contribution >= 4 is 11.4 Å². The molecule has 6 heteroatoms. The number of benzene rings is 4. The van der Waals surface area contributed by atoms with Gasteiger partial charge in [-0.05, 0) is 59.5 Å². The first-order chi connectivity index (χ1) is 17.6. The van der Waals surface area contributed by atoms with E-state index < -0.39 is 0 Å². The fourth-order valence-electron chi connectivity index (χ4n) is 3.97. The van der Waals surface area contributed by atoms with Crippen molar-refractivity contribution in [2.75, 3.05) is 26.6 Å². The number of aliphatic hydroxyl groups excluding tert-OH is 1. The van der Waals surface area contributed by atoms with Crippen molar-refractivity contribution in [3.05, 3.63) is 107 Å². The second-order valence-corrected chi connectivity index (χ2v) is 8.27. The van der Waals surface area contributed by atoms with E-state index in [1.807, 2.05) is 78.9 Å². The Morgan fingerprint density at radius 1 is 0.639 bits per heavy atom. The van der Waals surface area contributed by atoms with Crippen LogP contribution in [0, 0.1) is 0 Å². The lowest BCUT2D eigenvalue weighted by Crippen LogP contribution is -2.04. The zero-order chi connectivity index (χ0) is 25.3. The third-order valence-electron chi connectivity index (χ3n) is 5.91. The van der Waals surface area contributed by atoms with Crippen LogP contribution in [0.2, 0.25) is 0 Å². The zero-order valence-electron chi connectivity index (χ0n) is 20.8. The highest BCUT2D eigenvalue weighted by atomic mass is 16.5. The number of nitrogens with one attached hydrogen (secondary N) is 1. The molecule has 0 fully saturated rings. The van der Waals surface area contributed by atoms with E-state index in [0.29, 0.717) is 30.3 Å². The Bertz CT molecular complexity index is 1290. The van der Waals surface area contributed by atoms with Crippen molar-refractivity contribution in [2.24, 2.45) is 0 Å². The van der Waals surface area contributed by atoms with Gasteiger partial charge in [-0.25, -0.2) is 0 Å². The molecule has 36 heavy (non-hydrogen) atoms. The minimum Gasteiger partial charge on any atom is -0.497 e. The van der Waals surface area contributed by atoms with Crippen LogP contribution < -0.4 is 24.3 Å². The van der Waals surface area contributed by atoms with Crippen LogP contribution in [0.5, 0.6) is 23.0 Å². The molecule has 0 radical (unpaired) electrons. The van der Waals surface area contributed by atoms with E-state index in [4.69, 9.17) is 18.9 Å². The molecule has 0 aliphatic rings. The highest BCUT2D eigenvalue weighted by Gasteiger charge is 2.15. The molecule has 186 valence electrons. The van der Waals surface area contributed by atoms with Gasteiger partial charge in [0.05, 0.1) is 27.9 Å². The molecular weight excluding hydrogens is 454 g/mol. The fraction of sp³-hybridized carbons (Fsp3) is 0.200. The van der Waals surface area contributed by atoms with Gasteiger partial charge < -0.3 is 29.4 Å². The van der Waals surface area contributed by atoms with Gasteiger partial charge in [0.25, 0.3) is 0 Å². The molecule has 0 unspecified atom stereocenters. The summed E-state index contributed by atoms with van der Waals surface area (Å²) in [6, 6.07) is 27.5. The van der Waals surface area contributed by atoms with Gasteiger partial charge in [-0.15, -0.1) is 0 Å². The first-order valence-electron chi connectivity index (χ1n) is 11.7. The lowest BCUT2D eigenvalue weighted by atomic mass is 10.0. The second-order valence-electron chi connectivity index (χ2n) is 8.27. The molecule has 6 nitrogen and oxygen atoms in total. The predicted molar refractivity (Wildman–Crippen MR) is 142 cm³/mol. The minimum atomic E-state index is -0.125. The Hall–Kier alpha value is -4.16. The Kier molecular flexibility index (Phi) is 8.32. The molecule has 0 saturated carbocycles. The molecule has 0 atom stereocenters. The number of anilines is 2. The van der Waals surface area contributed by atoms with E-state index in [9.17, 15) is 5.11 Å². The van der Waals surface area contributed by atoms with Crippen molar-refractivity contribution in [3.8, 4) is 23.0 Å². The summed E-state index contributed by atoms with van der Waals surface area (Å²) in [5.41, 5.74) is 5.53. The maximum Gasteiger partial charge on any atom is 0.162 e. The van der Waals surface area contributed by atoms with Gasteiger partial charge in [-0.1, -0.05) is 42.5 Å². The highest BCUT2D eigenvalue weighted by Crippen LogP contribution is 2.37. The number of ether oxygens (including phenoxy) is 4. The SMILES string of the molecule is COc1cccc(Cc2cc(OCc3ccccc3)c(OC)cc2Nc2ccc(OC)cc2CO)c1. The Labute approximate surface area is 212 Å². The summed E-state index contributed by atoms with van der Waals surface area (Å²) in [4.78, 5) is 0. The molecule has 2 N–H and O–H groups in total. The van der Waals surface area contributed by atoms with E-state index in [1.54, 1.807) is 21.3 Å². The average molecular weight is 486 g/mol. The predicted octanol–water partition coefficient (Wildman–Crippen LogP) is 6.12. The van der Waals surface area contributed by atoms with Gasteiger partial charge in [0.2, 0.25) is 0 Å². The summed E-state index contributed by atoms with van der Waals surface area (Å²) in [5.74, 6) is 2.75. The molecule has 4 aromatic rings. The maximum absolute atomic E-state index is 9.95. The molecule has 4 aromatic carbocycles. The lowest BCUT2D eigenvalue weighted by Gasteiger charge is -2.19. The quantitative estimate of drug-likeness (QED) is 0.267. The van der Waals surface area contributed by atoms with E-state index in [-0.39, 0.29) is 6.61 Å². The van der Waals surface area contributed by atoms with Gasteiger partial charge in [0, 0.05) is 23.0 Å². The Morgan fingerprint density at radius 3 is 2.11 bits per heavy atom. The van der Waals surface area contributed by atoms with E-state index in [1.165, 1.54) is 0 Å². The van der Waals surface area contributed by atoms with Gasteiger partial charge in [-0.2, -0.15) is 0 Å². The van der Waals surface area contributed by atoms with Crippen LogP contribution in [-0.4, -0.2) is 26.4 Å². The Morgan fingerprint density at radius 2 is 1.39 bits per heavy atom. The molecule has 4 rings (SSSR count). The molecule has 0 aliphatic carbocycles. The topological polar surface area (TPSA) is 69.2 Å². The van der Waals surface area contributed by atoms with Gasteiger partial charge in [0.1, 0.15) is 18.1 Å². The van der Waals surface area contributed by atoms with Crippen LogP contribution in [0.1, 0.15) is 22.3 Å². The number of aliphatic hydroxyl groups is 1. The molecule has 0 heterocycles. The zero-order valence-corrected chi connectivity index (χ0v) is 20.8. The molecule has 0 amide bonds. The van der Waals surface area contributed by atoms with Crippen LogP contribution in [-0.2, 0) is 19.6 Å². The van der Waals surface area contributed by atoms with Crippen LogP contribution in [0.25, 0.3) is 0 Å². The molecule has 0 spiro atoms. The van der Waals surface area contributed by atoms with Crippen LogP contribution >= 0.6 is 0 Å². The monoisotopic (exact) mass is 485 g/mol. The summed E-state index contributed by atoms with van der Waals surface area (Å²) in [6.07, 6.45) is 0.635. The van der Waals surface area contributed by atoms with Crippen LogP contribution in [0.3, 0.4) is 0 Å². The maximum atomic E-state index is 9.95. The van der Waals surface area contributed by atoms with Crippen molar-refractivity contribution in [2.45, 2.75) is 19.6 Å². The van der Waals surface area contributed by atoms with Gasteiger partial charge in [0.15, 0.2) is 11.5 Å². The molecule has 0 aromatic heterocycles. The third kappa shape index (κ3) is 6.09. The largest absolute Gasteiger partial charge is 0.497 e. The van der Waals surface area contributed by atoms with Gasteiger partial charge in [-0.3, -0.25) is 0 Å². The average Bonchev–Trinajstić information content (AvgIpc) is 2.93. The van der Waals surface area contributed by atoms with Crippen molar-refractivity contribution in [3.63, 3.8) is 0 Å². The normalized spacial score (nSPS) is 10.6. The van der Waals surface area contributed by atoms with Crippen molar-refractivity contribution in [1.29, 1.82) is 0 Å². The summed E-state index contributed by atoms with van der Waals surface area (Å²) in [6.45, 7) is 0.301. The summed E-state index contributed by atoms with van der Waals surface area (Å²) in [5, 5.41) is 13.4. The number of hydrogen-bond acceptors (Lipinski definition) is 6. The van der Waals surface area contributed by atoms with Crippen molar-refractivity contribution < 1.29 is 24.1 Å². The number of hydrogen-bond donors (Lipinski definition) is 2. The number of rotatable bonds is 11. The number of methoxy groups -OCH3 is 3. The van der Waals surface area contributed by atoms with E-state index >= 15 is 0 Å².